The molecule has 1 aromatic carbocycles. The monoisotopic (exact) mass is 393 g/mol. The van der Waals surface area contributed by atoms with E-state index in [1.807, 2.05) is 38.1 Å². The number of hydrogen-bond acceptors (Lipinski definition) is 4. The van der Waals surface area contributed by atoms with E-state index in [1.54, 1.807) is 11.6 Å². The maximum atomic E-state index is 12.2. The average molecular weight is 394 g/mol. The minimum Gasteiger partial charge on any atom is -0.469 e. The molecule has 2 aromatic rings. The lowest BCUT2D eigenvalue weighted by Gasteiger charge is -2.10. The van der Waals surface area contributed by atoms with Gasteiger partial charge in [-0.2, -0.15) is 5.10 Å². The first kappa shape index (κ1) is 18.2. The van der Waals surface area contributed by atoms with Gasteiger partial charge in [-0.1, -0.05) is 15.9 Å². The fourth-order valence-corrected chi connectivity index (χ4v) is 2.92. The van der Waals surface area contributed by atoms with Gasteiger partial charge in [-0.25, -0.2) is 0 Å². The Hall–Kier alpha value is -2.15. The first-order valence-corrected chi connectivity index (χ1v) is 8.30. The summed E-state index contributed by atoms with van der Waals surface area (Å²) >= 11 is 3.35. The molecule has 1 N–H and O–H groups in total. The molecule has 0 spiro atoms. The van der Waals surface area contributed by atoms with E-state index in [2.05, 4.69) is 26.3 Å². The van der Waals surface area contributed by atoms with Crippen LogP contribution in [0, 0.1) is 13.8 Å². The zero-order chi connectivity index (χ0) is 17.9. The van der Waals surface area contributed by atoms with Crippen molar-refractivity contribution >= 4 is 33.5 Å². The largest absolute Gasteiger partial charge is 0.469 e. The quantitative estimate of drug-likeness (QED) is 0.791. The second-order valence-electron chi connectivity index (χ2n) is 5.54. The van der Waals surface area contributed by atoms with E-state index in [0.717, 1.165) is 21.4 Å². The number of benzene rings is 1. The predicted molar refractivity (Wildman–Crippen MR) is 94.9 cm³/mol. The molecule has 1 heterocycles. The Morgan fingerprint density at radius 2 is 1.92 bits per heavy atom. The van der Waals surface area contributed by atoms with Gasteiger partial charge in [0.1, 0.15) is 6.54 Å². The van der Waals surface area contributed by atoms with E-state index in [9.17, 15) is 9.59 Å². The molecule has 128 valence electrons. The number of carbonyl (C=O) groups is 2. The summed E-state index contributed by atoms with van der Waals surface area (Å²) in [7, 11) is 1.36. The van der Waals surface area contributed by atoms with Crippen LogP contribution in [0.15, 0.2) is 28.7 Å². The molecule has 24 heavy (non-hydrogen) atoms. The van der Waals surface area contributed by atoms with Crippen molar-refractivity contribution in [1.82, 2.24) is 9.78 Å². The van der Waals surface area contributed by atoms with Gasteiger partial charge in [-0.3, -0.25) is 14.3 Å². The third-order valence-electron chi connectivity index (χ3n) is 3.85. The Kier molecular flexibility index (Phi) is 5.77. The Morgan fingerprint density at radius 3 is 2.50 bits per heavy atom. The van der Waals surface area contributed by atoms with E-state index >= 15 is 0 Å². The second-order valence-corrected chi connectivity index (χ2v) is 6.46. The maximum absolute atomic E-state index is 12.2. The van der Waals surface area contributed by atoms with Crippen LogP contribution < -0.4 is 5.32 Å². The molecular weight excluding hydrogens is 374 g/mol. The third kappa shape index (κ3) is 4.03. The van der Waals surface area contributed by atoms with Crippen LogP contribution in [-0.4, -0.2) is 28.8 Å². The number of ether oxygens (including phenoxy) is 1. The number of hydrogen-bond donors (Lipinski definition) is 1. The predicted octanol–water partition coefficient (Wildman–Crippen LogP) is 3.18. The summed E-state index contributed by atoms with van der Waals surface area (Å²) < 4.78 is 7.35. The van der Waals surface area contributed by atoms with Gasteiger partial charge in [0.05, 0.1) is 18.7 Å². The van der Waals surface area contributed by atoms with Crippen molar-refractivity contribution in [3.05, 3.63) is 45.7 Å². The summed E-state index contributed by atoms with van der Waals surface area (Å²) in [5.74, 6) is -0.918. The lowest BCUT2D eigenvalue weighted by Crippen LogP contribution is -2.20. The van der Waals surface area contributed by atoms with Crippen molar-refractivity contribution in [2.24, 2.45) is 0 Å². The van der Waals surface area contributed by atoms with Gasteiger partial charge in [0.25, 0.3) is 0 Å². The van der Waals surface area contributed by atoms with Crippen molar-refractivity contribution in [2.75, 3.05) is 12.4 Å². The normalized spacial score (nSPS) is 11.9. The van der Waals surface area contributed by atoms with E-state index in [4.69, 9.17) is 4.74 Å². The number of methoxy groups -OCH3 is 1. The first-order chi connectivity index (χ1) is 11.3. The molecule has 1 amide bonds. The molecule has 1 atom stereocenters. The van der Waals surface area contributed by atoms with Crippen LogP contribution in [-0.2, 0) is 20.9 Å². The summed E-state index contributed by atoms with van der Waals surface area (Å²) in [6, 6.07) is 7.34. The van der Waals surface area contributed by atoms with Crippen molar-refractivity contribution in [3.63, 3.8) is 0 Å². The fraction of sp³-hybridized carbons (Fsp3) is 0.353. The molecule has 6 nitrogen and oxygen atoms in total. The molecule has 1 aromatic heterocycles. The Balaban J connectivity index is 2.14. The van der Waals surface area contributed by atoms with Crippen LogP contribution in [0.3, 0.4) is 0 Å². The van der Waals surface area contributed by atoms with Gasteiger partial charge in [0.2, 0.25) is 5.91 Å². The molecule has 2 rings (SSSR count). The standard InChI is InChI=1S/C17H20BrN3O3/c1-10(17(23)24-4)16-11(2)20-21(12(16)3)9-15(22)19-14-7-5-13(18)6-8-14/h5-8,10H,9H2,1-4H3,(H,19,22)/t10-/m1/s1. The smallest absolute Gasteiger partial charge is 0.312 e. The van der Waals surface area contributed by atoms with Gasteiger partial charge in [-0.05, 0) is 45.0 Å². The molecule has 0 aliphatic rings. The van der Waals surface area contributed by atoms with Crippen molar-refractivity contribution < 1.29 is 14.3 Å². The number of amides is 1. The Bertz CT molecular complexity index is 753. The topological polar surface area (TPSA) is 73.2 Å². The number of halogens is 1. The molecule has 0 unspecified atom stereocenters. The van der Waals surface area contributed by atoms with Gasteiger partial charge in [-0.15, -0.1) is 0 Å². The number of rotatable bonds is 5. The highest BCUT2D eigenvalue weighted by atomic mass is 79.9. The van der Waals surface area contributed by atoms with Crippen molar-refractivity contribution in [2.45, 2.75) is 33.2 Å². The molecule has 0 saturated carbocycles. The van der Waals surface area contributed by atoms with E-state index in [-0.39, 0.29) is 18.4 Å². The highest BCUT2D eigenvalue weighted by Crippen LogP contribution is 2.24. The summed E-state index contributed by atoms with van der Waals surface area (Å²) in [6.07, 6.45) is 0. The molecule has 0 aliphatic carbocycles. The van der Waals surface area contributed by atoms with Crippen LogP contribution in [0.5, 0.6) is 0 Å². The number of esters is 1. The molecule has 0 aliphatic heterocycles. The highest BCUT2D eigenvalue weighted by Gasteiger charge is 2.24. The van der Waals surface area contributed by atoms with E-state index in [1.165, 1.54) is 7.11 Å². The molecular formula is C17H20BrN3O3. The number of carbonyl (C=O) groups excluding carboxylic acids is 2. The van der Waals surface area contributed by atoms with Crippen molar-refractivity contribution in [1.29, 1.82) is 0 Å². The lowest BCUT2D eigenvalue weighted by atomic mass is 9.99. The number of aromatic nitrogens is 2. The third-order valence-corrected chi connectivity index (χ3v) is 4.38. The molecule has 0 fully saturated rings. The summed E-state index contributed by atoms with van der Waals surface area (Å²) in [4.78, 5) is 24.0. The van der Waals surface area contributed by atoms with Crippen LogP contribution in [0.25, 0.3) is 0 Å². The molecule has 0 saturated heterocycles. The van der Waals surface area contributed by atoms with E-state index < -0.39 is 5.92 Å². The summed E-state index contributed by atoms with van der Waals surface area (Å²) in [6.45, 7) is 5.53. The van der Waals surface area contributed by atoms with Crippen molar-refractivity contribution in [3.8, 4) is 0 Å². The molecule has 7 heteroatoms. The van der Waals surface area contributed by atoms with Crippen LogP contribution in [0.2, 0.25) is 0 Å². The minimum atomic E-state index is -0.418. The van der Waals surface area contributed by atoms with Gasteiger partial charge in [0.15, 0.2) is 0 Å². The zero-order valence-electron chi connectivity index (χ0n) is 14.1. The average Bonchev–Trinajstić information content (AvgIpc) is 2.82. The SMILES string of the molecule is COC(=O)[C@H](C)c1c(C)nn(CC(=O)Nc2ccc(Br)cc2)c1C. The van der Waals surface area contributed by atoms with Gasteiger partial charge in [0, 0.05) is 21.4 Å². The van der Waals surface area contributed by atoms with Gasteiger partial charge < -0.3 is 10.1 Å². The minimum absolute atomic E-state index is 0.0800. The van der Waals surface area contributed by atoms with Crippen LogP contribution in [0.1, 0.15) is 29.8 Å². The van der Waals surface area contributed by atoms with Crippen LogP contribution in [0.4, 0.5) is 5.69 Å². The number of anilines is 1. The second kappa shape index (κ2) is 7.61. The highest BCUT2D eigenvalue weighted by molar-refractivity contribution is 9.10. The summed E-state index contributed by atoms with van der Waals surface area (Å²) in [5.41, 5.74) is 3.03. The number of nitrogens with one attached hydrogen (secondary N) is 1. The zero-order valence-corrected chi connectivity index (χ0v) is 15.7. The number of nitrogens with zero attached hydrogens (tertiary/aromatic N) is 2. The maximum Gasteiger partial charge on any atom is 0.312 e. The van der Waals surface area contributed by atoms with Crippen LogP contribution >= 0.6 is 15.9 Å². The lowest BCUT2D eigenvalue weighted by molar-refractivity contribution is -0.142. The Labute approximate surface area is 149 Å². The summed E-state index contributed by atoms with van der Waals surface area (Å²) in [5, 5.41) is 7.21. The Morgan fingerprint density at radius 1 is 1.29 bits per heavy atom. The molecule has 0 radical (unpaired) electrons. The molecule has 0 bridgehead atoms. The fourth-order valence-electron chi connectivity index (χ4n) is 2.66. The first-order valence-electron chi connectivity index (χ1n) is 7.50. The van der Waals surface area contributed by atoms with Gasteiger partial charge >= 0.3 is 5.97 Å². The number of aryl methyl sites for hydroxylation is 1. The van der Waals surface area contributed by atoms with E-state index in [0.29, 0.717) is 5.69 Å².